The van der Waals surface area contributed by atoms with Crippen LogP contribution in [0.2, 0.25) is 0 Å². The highest BCUT2D eigenvalue weighted by Gasteiger charge is 2.12. The molecule has 1 amide bonds. The summed E-state index contributed by atoms with van der Waals surface area (Å²) in [5, 5.41) is 9.57. The first-order valence-corrected chi connectivity index (χ1v) is 8.96. The van der Waals surface area contributed by atoms with Crippen molar-refractivity contribution in [3.8, 4) is 0 Å². The van der Waals surface area contributed by atoms with Crippen LogP contribution >= 0.6 is 33.9 Å². The van der Waals surface area contributed by atoms with E-state index in [1.165, 1.54) is 29.5 Å². The van der Waals surface area contributed by atoms with Gasteiger partial charge in [-0.05, 0) is 59.3 Å². The van der Waals surface area contributed by atoms with Gasteiger partial charge in [0.2, 0.25) is 10.0 Å². The monoisotopic (exact) mass is 422 g/mol. The minimum atomic E-state index is -3.73. The number of amides is 1. The van der Waals surface area contributed by atoms with Crippen LogP contribution in [0.15, 0.2) is 34.5 Å². The third kappa shape index (κ3) is 3.57. The number of hydrogen-bond donors (Lipinski definition) is 2. The third-order valence-electron chi connectivity index (χ3n) is 2.60. The Bertz CT molecular complexity index is 769. The van der Waals surface area contributed by atoms with Crippen LogP contribution in [0.3, 0.4) is 0 Å². The number of sulfonamides is 1. The van der Waals surface area contributed by atoms with Crippen molar-refractivity contribution < 1.29 is 13.2 Å². The van der Waals surface area contributed by atoms with Gasteiger partial charge < -0.3 is 5.32 Å². The van der Waals surface area contributed by atoms with E-state index in [2.05, 4.69) is 27.9 Å². The first-order chi connectivity index (χ1) is 9.27. The van der Waals surface area contributed by atoms with E-state index in [-0.39, 0.29) is 10.8 Å². The maximum atomic E-state index is 12.0. The smallest absolute Gasteiger partial charge is 0.256 e. The molecule has 0 spiro atoms. The minimum absolute atomic E-state index is 0.0260. The van der Waals surface area contributed by atoms with Crippen LogP contribution in [0, 0.1) is 9.81 Å². The lowest BCUT2D eigenvalue weighted by molar-refractivity contribution is 0.102. The van der Waals surface area contributed by atoms with Gasteiger partial charge in [-0.2, -0.15) is 0 Å². The molecule has 0 atom stereocenters. The molecule has 0 unspecified atom stereocenters. The predicted octanol–water partition coefficient (Wildman–Crippen LogP) is 2.56. The molecule has 0 aliphatic carbocycles. The van der Waals surface area contributed by atoms with Crippen LogP contribution in [0.25, 0.3) is 0 Å². The Hall–Kier alpha value is -0.970. The Labute approximate surface area is 134 Å². The zero-order chi connectivity index (χ0) is 14.9. The first-order valence-electron chi connectivity index (χ1n) is 5.46. The lowest BCUT2D eigenvalue weighted by Gasteiger charge is -2.09. The summed E-state index contributed by atoms with van der Waals surface area (Å²) in [6, 6.07) is 6.12. The molecule has 0 aliphatic heterocycles. The molecule has 1 heterocycles. The zero-order valence-corrected chi connectivity index (χ0v) is 14.2. The van der Waals surface area contributed by atoms with Gasteiger partial charge in [-0.1, -0.05) is 0 Å². The summed E-state index contributed by atoms with van der Waals surface area (Å²) in [5.74, 6) is -0.226. The number of anilines is 1. The van der Waals surface area contributed by atoms with Crippen molar-refractivity contribution >= 4 is 55.5 Å². The largest absolute Gasteiger partial charge is 0.322 e. The Kier molecular flexibility index (Phi) is 4.47. The van der Waals surface area contributed by atoms with Crippen LogP contribution in [0.1, 0.15) is 15.9 Å². The normalized spacial score (nSPS) is 11.3. The van der Waals surface area contributed by atoms with Crippen molar-refractivity contribution in [2.24, 2.45) is 5.14 Å². The number of nitrogens with two attached hydrogens (primary N) is 1. The molecule has 1 aromatic carbocycles. The average molecular weight is 422 g/mol. The van der Waals surface area contributed by atoms with Gasteiger partial charge in [-0.15, -0.1) is 11.3 Å². The van der Waals surface area contributed by atoms with Gasteiger partial charge in [0.25, 0.3) is 5.91 Å². The average Bonchev–Trinajstić information content (AvgIpc) is 2.77. The van der Waals surface area contributed by atoms with E-state index < -0.39 is 10.0 Å². The summed E-state index contributed by atoms with van der Waals surface area (Å²) in [7, 11) is -3.73. The highest BCUT2D eigenvalue weighted by atomic mass is 127. The van der Waals surface area contributed by atoms with E-state index in [0.29, 0.717) is 16.8 Å². The molecule has 0 saturated carbocycles. The summed E-state index contributed by atoms with van der Waals surface area (Å²) in [6.07, 6.45) is 0. The van der Waals surface area contributed by atoms with Gasteiger partial charge >= 0.3 is 0 Å². The number of thiophene rings is 1. The van der Waals surface area contributed by atoms with Gasteiger partial charge in [-0.3, -0.25) is 4.79 Å². The molecular formula is C12H11IN2O3S2. The molecule has 0 aliphatic rings. The van der Waals surface area contributed by atoms with Crippen molar-refractivity contribution in [1.82, 2.24) is 0 Å². The van der Waals surface area contributed by atoms with Gasteiger partial charge in [0.05, 0.1) is 13.3 Å². The van der Waals surface area contributed by atoms with Crippen molar-refractivity contribution in [1.29, 1.82) is 0 Å². The van der Waals surface area contributed by atoms with Crippen molar-refractivity contribution in [2.45, 2.75) is 11.8 Å². The molecular weight excluding hydrogens is 411 g/mol. The second-order valence-corrected chi connectivity index (χ2v) is 8.48. The van der Waals surface area contributed by atoms with Crippen molar-refractivity contribution in [3.63, 3.8) is 0 Å². The number of aryl methyl sites for hydroxylation is 1. The molecule has 0 bridgehead atoms. The quantitative estimate of drug-likeness (QED) is 0.746. The number of primary sulfonamides is 1. The minimum Gasteiger partial charge on any atom is -0.322 e. The SMILES string of the molecule is Cc1cc(S(N)(=O)=O)ccc1NC(=O)c1csc(I)c1. The number of rotatable bonds is 3. The fourth-order valence-corrected chi connectivity index (χ4v) is 3.50. The fourth-order valence-electron chi connectivity index (χ4n) is 1.58. The summed E-state index contributed by atoms with van der Waals surface area (Å²) in [5.41, 5.74) is 1.77. The van der Waals surface area contributed by atoms with Crippen LogP contribution in [0.5, 0.6) is 0 Å². The summed E-state index contributed by atoms with van der Waals surface area (Å²) >= 11 is 3.63. The van der Waals surface area contributed by atoms with Crippen LogP contribution in [-0.4, -0.2) is 14.3 Å². The molecule has 1 aromatic heterocycles. The number of nitrogens with one attached hydrogen (secondary N) is 1. The lowest BCUT2D eigenvalue weighted by Crippen LogP contribution is -2.14. The topological polar surface area (TPSA) is 89.3 Å². The third-order valence-corrected chi connectivity index (χ3v) is 5.30. The standard InChI is InChI=1S/C12H11IN2O3S2/c1-7-4-9(20(14,17)18)2-3-10(7)15-12(16)8-5-11(13)19-6-8/h2-6H,1H3,(H,15,16)(H2,14,17,18). The number of benzene rings is 1. The Morgan fingerprint density at radius 2 is 2.05 bits per heavy atom. The summed E-state index contributed by atoms with van der Waals surface area (Å²) in [6.45, 7) is 1.71. The molecule has 5 nitrogen and oxygen atoms in total. The number of carbonyl (C=O) groups excluding carboxylic acids is 1. The lowest BCUT2D eigenvalue weighted by atomic mass is 10.2. The highest BCUT2D eigenvalue weighted by molar-refractivity contribution is 14.1. The maximum absolute atomic E-state index is 12.0. The molecule has 20 heavy (non-hydrogen) atoms. The van der Waals surface area contributed by atoms with Crippen LogP contribution < -0.4 is 10.5 Å². The highest BCUT2D eigenvalue weighted by Crippen LogP contribution is 2.21. The predicted molar refractivity (Wildman–Crippen MR) is 87.5 cm³/mol. The van der Waals surface area contributed by atoms with E-state index in [9.17, 15) is 13.2 Å². The second kappa shape index (κ2) is 5.80. The molecule has 106 valence electrons. The van der Waals surface area contributed by atoms with Crippen LogP contribution in [0.4, 0.5) is 5.69 Å². The van der Waals surface area contributed by atoms with E-state index in [1.807, 2.05) is 0 Å². The number of carbonyl (C=O) groups is 1. The van der Waals surface area contributed by atoms with Crippen LogP contribution in [-0.2, 0) is 10.0 Å². The first kappa shape index (κ1) is 15.4. The molecule has 0 radical (unpaired) electrons. The number of hydrogen-bond acceptors (Lipinski definition) is 4. The van der Waals surface area contributed by atoms with Gasteiger partial charge in [0, 0.05) is 11.1 Å². The van der Waals surface area contributed by atoms with E-state index in [0.717, 1.165) is 2.88 Å². The summed E-state index contributed by atoms with van der Waals surface area (Å²) < 4.78 is 23.5. The van der Waals surface area contributed by atoms with Gasteiger partial charge in [-0.25, -0.2) is 13.6 Å². The zero-order valence-electron chi connectivity index (χ0n) is 10.4. The second-order valence-electron chi connectivity index (χ2n) is 4.12. The summed E-state index contributed by atoms with van der Waals surface area (Å²) in [4.78, 5) is 12.0. The molecule has 0 saturated heterocycles. The molecule has 3 N–H and O–H groups in total. The Morgan fingerprint density at radius 3 is 2.55 bits per heavy atom. The van der Waals surface area contributed by atoms with E-state index in [4.69, 9.17) is 5.14 Å². The van der Waals surface area contributed by atoms with Crippen molar-refractivity contribution in [3.05, 3.63) is 43.7 Å². The van der Waals surface area contributed by atoms with Gasteiger partial charge in [0.15, 0.2) is 0 Å². The van der Waals surface area contributed by atoms with E-state index >= 15 is 0 Å². The molecule has 2 aromatic rings. The van der Waals surface area contributed by atoms with Crippen molar-refractivity contribution in [2.75, 3.05) is 5.32 Å². The Morgan fingerprint density at radius 1 is 1.35 bits per heavy atom. The van der Waals surface area contributed by atoms with Gasteiger partial charge in [0.1, 0.15) is 0 Å². The molecule has 2 rings (SSSR count). The number of halogens is 1. The van der Waals surface area contributed by atoms with E-state index in [1.54, 1.807) is 18.4 Å². The fraction of sp³-hybridized carbons (Fsp3) is 0.0833. The Balaban J connectivity index is 2.25. The maximum Gasteiger partial charge on any atom is 0.256 e. The molecule has 0 fully saturated rings. The molecule has 8 heteroatoms.